The molecule has 2 nitrogen and oxygen atoms in total. The van der Waals surface area contributed by atoms with Crippen molar-refractivity contribution in [3.63, 3.8) is 0 Å². The van der Waals surface area contributed by atoms with Gasteiger partial charge in [-0.3, -0.25) is 0 Å². The molecule has 0 radical (unpaired) electrons. The van der Waals surface area contributed by atoms with E-state index in [1.165, 1.54) is 16.8 Å². The first-order valence-electron chi connectivity index (χ1n) is 4.08. The van der Waals surface area contributed by atoms with Crippen LogP contribution in [0.2, 0.25) is 0 Å². The van der Waals surface area contributed by atoms with E-state index < -0.39 is 0 Å². The Kier molecular flexibility index (Phi) is 1.62. The molecular formula is C10H12N2. The maximum Gasteiger partial charge on any atom is 0.0456 e. The van der Waals surface area contributed by atoms with Crippen molar-refractivity contribution in [3.05, 3.63) is 41.7 Å². The normalized spacial score (nSPS) is 10.8. The zero-order valence-corrected chi connectivity index (χ0v) is 7.12. The summed E-state index contributed by atoms with van der Waals surface area (Å²) in [6, 6.07) is 8.30. The highest BCUT2D eigenvalue weighted by molar-refractivity contribution is 5.52. The predicted molar refractivity (Wildman–Crippen MR) is 50.0 cm³/mol. The van der Waals surface area contributed by atoms with Gasteiger partial charge in [0.15, 0.2) is 0 Å². The summed E-state index contributed by atoms with van der Waals surface area (Å²) in [6.07, 6.45) is 2.05. The quantitative estimate of drug-likeness (QED) is 0.676. The highest BCUT2D eigenvalue weighted by Gasteiger charge is 2.02. The Balaban J connectivity index is 2.81. The van der Waals surface area contributed by atoms with Crippen LogP contribution in [-0.4, -0.2) is 4.40 Å². The Morgan fingerprint density at radius 3 is 3.00 bits per heavy atom. The lowest BCUT2D eigenvalue weighted by Gasteiger charge is -1.99. The molecule has 0 fully saturated rings. The largest absolute Gasteiger partial charge is 0.325 e. The van der Waals surface area contributed by atoms with Gasteiger partial charge in [-0.25, -0.2) is 0 Å². The third-order valence-corrected chi connectivity index (χ3v) is 2.20. The first-order valence-corrected chi connectivity index (χ1v) is 4.08. The van der Waals surface area contributed by atoms with Gasteiger partial charge in [-0.05, 0) is 30.7 Å². The maximum absolute atomic E-state index is 5.64. The zero-order chi connectivity index (χ0) is 8.55. The molecule has 0 aliphatic heterocycles. The Morgan fingerprint density at radius 1 is 1.42 bits per heavy atom. The van der Waals surface area contributed by atoms with Crippen LogP contribution in [0.15, 0.2) is 30.5 Å². The lowest BCUT2D eigenvalue weighted by Crippen LogP contribution is -2.01. The first kappa shape index (κ1) is 7.37. The number of hydrogen-bond donors (Lipinski definition) is 1. The lowest BCUT2D eigenvalue weighted by atomic mass is 10.3. The van der Waals surface area contributed by atoms with Gasteiger partial charge in [0, 0.05) is 24.0 Å². The summed E-state index contributed by atoms with van der Waals surface area (Å²) in [6.45, 7) is 2.69. The Hall–Kier alpha value is -1.28. The van der Waals surface area contributed by atoms with Crippen LogP contribution in [0.1, 0.15) is 11.3 Å². The molecule has 0 aromatic carbocycles. The number of hydrogen-bond acceptors (Lipinski definition) is 1. The van der Waals surface area contributed by atoms with Crippen LogP contribution in [0.3, 0.4) is 0 Å². The summed E-state index contributed by atoms with van der Waals surface area (Å²) >= 11 is 0. The number of aryl methyl sites for hydroxylation is 1. The van der Waals surface area contributed by atoms with E-state index in [4.69, 9.17) is 5.73 Å². The number of rotatable bonds is 1. The Morgan fingerprint density at radius 2 is 2.25 bits per heavy atom. The van der Waals surface area contributed by atoms with Gasteiger partial charge in [0.2, 0.25) is 0 Å². The van der Waals surface area contributed by atoms with Gasteiger partial charge in [0.1, 0.15) is 0 Å². The molecule has 0 unspecified atom stereocenters. The highest BCUT2D eigenvalue weighted by atomic mass is 14.9. The fourth-order valence-corrected chi connectivity index (χ4v) is 1.57. The van der Waals surface area contributed by atoms with Crippen molar-refractivity contribution >= 4 is 5.52 Å². The molecule has 62 valence electrons. The van der Waals surface area contributed by atoms with Gasteiger partial charge in [0.25, 0.3) is 0 Å². The van der Waals surface area contributed by atoms with Gasteiger partial charge in [-0.2, -0.15) is 0 Å². The average molecular weight is 160 g/mol. The van der Waals surface area contributed by atoms with Gasteiger partial charge >= 0.3 is 0 Å². The number of nitrogens with zero attached hydrogens (tertiary/aromatic N) is 1. The van der Waals surface area contributed by atoms with Crippen molar-refractivity contribution in [1.82, 2.24) is 4.40 Å². The number of pyridine rings is 1. The third-order valence-electron chi connectivity index (χ3n) is 2.20. The second-order valence-electron chi connectivity index (χ2n) is 2.97. The average Bonchev–Trinajstić information content (AvgIpc) is 2.40. The van der Waals surface area contributed by atoms with E-state index in [1.807, 2.05) is 18.3 Å². The van der Waals surface area contributed by atoms with Crippen LogP contribution in [0.5, 0.6) is 0 Å². The number of fused-ring (bicyclic) bond motifs is 1. The summed E-state index contributed by atoms with van der Waals surface area (Å²) in [5.41, 5.74) is 9.33. The Bertz CT molecular complexity index is 401. The second-order valence-corrected chi connectivity index (χ2v) is 2.97. The molecule has 0 saturated heterocycles. The maximum atomic E-state index is 5.64. The van der Waals surface area contributed by atoms with Gasteiger partial charge in [0.05, 0.1) is 0 Å². The molecule has 0 aliphatic carbocycles. The molecule has 0 aliphatic rings. The summed E-state index contributed by atoms with van der Waals surface area (Å²) in [4.78, 5) is 0. The summed E-state index contributed by atoms with van der Waals surface area (Å²) in [5, 5.41) is 0. The first-order chi connectivity index (χ1) is 5.83. The topological polar surface area (TPSA) is 30.4 Å². The van der Waals surface area contributed by atoms with E-state index in [2.05, 4.69) is 23.5 Å². The molecule has 0 atom stereocenters. The van der Waals surface area contributed by atoms with Gasteiger partial charge in [-0.1, -0.05) is 6.07 Å². The minimum Gasteiger partial charge on any atom is -0.325 e. The van der Waals surface area contributed by atoms with Crippen LogP contribution in [0, 0.1) is 6.92 Å². The predicted octanol–water partition coefficient (Wildman–Crippen LogP) is 1.71. The molecule has 0 bridgehead atoms. The van der Waals surface area contributed by atoms with E-state index in [1.54, 1.807) is 0 Å². The molecule has 0 amide bonds. The smallest absolute Gasteiger partial charge is 0.0456 e. The van der Waals surface area contributed by atoms with Crippen molar-refractivity contribution in [2.75, 3.05) is 0 Å². The molecular weight excluding hydrogens is 148 g/mol. The molecule has 0 spiro atoms. The molecule has 2 aromatic heterocycles. The van der Waals surface area contributed by atoms with Gasteiger partial charge < -0.3 is 10.1 Å². The van der Waals surface area contributed by atoms with Crippen molar-refractivity contribution in [3.8, 4) is 0 Å². The molecule has 12 heavy (non-hydrogen) atoms. The Labute approximate surface area is 71.6 Å². The van der Waals surface area contributed by atoms with E-state index in [0.717, 1.165) is 0 Å². The fraction of sp³-hybridized carbons (Fsp3) is 0.200. The fourth-order valence-electron chi connectivity index (χ4n) is 1.57. The third kappa shape index (κ3) is 0.924. The highest BCUT2D eigenvalue weighted by Crippen LogP contribution is 2.14. The van der Waals surface area contributed by atoms with Crippen molar-refractivity contribution in [2.24, 2.45) is 5.73 Å². The van der Waals surface area contributed by atoms with E-state index in [-0.39, 0.29) is 0 Å². The van der Waals surface area contributed by atoms with E-state index in [0.29, 0.717) is 6.54 Å². The van der Waals surface area contributed by atoms with Crippen LogP contribution in [0.4, 0.5) is 0 Å². The molecule has 2 rings (SSSR count). The standard InChI is InChI=1S/C10H12N2/c1-8-6-9-4-2-3-5-12(9)10(8)7-11/h2-6H,7,11H2,1H3. The molecule has 0 saturated carbocycles. The van der Waals surface area contributed by atoms with Crippen LogP contribution < -0.4 is 5.73 Å². The molecule has 2 aromatic rings. The van der Waals surface area contributed by atoms with E-state index in [9.17, 15) is 0 Å². The molecule has 2 heterocycles. The van der Waals surface area contributed by atoms with Crippen molar-refractivity contribution in [2.45, 2.75) is 13.5 Å². The number of nitrogens with two attached hydrogens (primary N) is 1. The zero-order valence-electron chi connectivity index (χ0n) is 7.12. The van der Waals surface area contributed by atoms with Crippen molar-refractivity contribution < 1.29 is 0 Å². The van der Waals surface area contributed by atoms with Crippen LogP contribution in [0.25, 0.3) is 5.52 Å². The minimum atomic E-state index is 0.601. The monoisotopic (exact) mass is 160 g/mol. The van der Waals surface area contributed by atoms with Crippen LogP contribution in [-0.2, 0) is 6.54 Å². The summed E-state index contributed by atoms with van der Waals surface area (Å²) < 4.78 is 2.13. The van der Waals surface area contributed by atoms with Crippen LogP contribution >= 0.6 is 0 Å². The van der Waals surface area contributed by atoms with E-state index >= 15 is 0 Å². The summed E-state index contributed by atoms with van der Waals surface area (Å²) in [5.74, 6) is 0. The van der Waals surface area contributed by atoms with Crippen molar-refractivity contribution in [1.29, 1.82) is 0 Å². The number of aromatic nitrogens is 1. The minimum absolute atomic E-state index is 0.601. The SMILES string of the molecule is Cc1cc2ccccn2c1CN. The summed E-state index contributed by atoms with van der Waals surface area (Å²) in [7, 11) is 0. The van der Waals surface area contributed by atoms with Gasteiger partial charge in [-0.15, -0.1) is 0 Å². The lowest BCUT2D eigenvalue weighted by molar-refractivity contribution is 0.945. The molecule has 2 N–H and O–H groups in total. The molecule has 2 heteroatoms. The second kappa shape index (κ2) is 2.64.